The highest BCUT2D eigenvalue weighted by Crippen LogP contribution is 2.18. The van der Waals surface area contributed by atoms with Gasteiger partial charge in [-0.2, -0.15) is 0 Å². The largest absolute Gasteiger partial charge is 0.346 e. The van der Waals surface area contributed by atoms with Crippen LogP contribution in [-0.2, 0) is 6.54 Å². The third kappa shape index (κ3) is 3.97. The summed E-state index contributed by atoms with van der Waals surface area (Å²) in [5, 5.41) is 7.50. The standard InChI is InChI=1S/C20H15BrN4O2S/c21-13-7-8-18-23-14(12-25(18)11-13)10-22-19(26)15-4-1-2-5-16(15)24-20(27)17-6-3-9-28-17/h1-9,11-12H,10H2,(H,22,26)(H,24,27). The molecule has 0 aliphatic rings. The Kier molecular flexibility index (Phi) is 5.23. The van der Waals surface area contributed by atoms with Crippen molar-refractivity contribution in [2.75, 3.05) is 5.32 Å². The predicted molar refractivity (Wildman–Crippen MR) is 113 cm³/mol. The number of rotatable bonds is 5. The molecule has 0 aliphatic heterocycles. The fourth-order valence-electron chi connectivity index (χ4n) is 2.75. The lowest BCUT2D eigenvalue weighted by molar-refractivity contribution is 0.0951. The number of halogens is 1. The molecule has 3 heterocycles. The minimum absolute atomic E-state index is 0.235. The van der Waals surface area contributed by atoms with Crippen LogP contribution in [0, 0.1) is 0 Å². The number of amides is 2. The first-order valence-electron chi connectivity index (χ1n) is 8.45. The second-order valence-corrected chi connectivity index (χ2v) is 7.87. The van der Waals surface area contributed by atoms with E-state index in [1.165, 1.54) is 11.3 Å². The summed E-state index contributed by atoms with van der Waals surface area (Å²) in [4.78, 5) is 30.1. The number of aromatic nitrogens is 2. The van der Waals surface area contributed by atoms with Gasteiger partial charge in [0.15, 0.2) is 0 Å². The maximum absolute atomic E-state index is 12.7. The first kappa shape index (κ1) is 18.4. The quantitative estimate of drug-likeness (QED) is 0.470. The molecule has 0 fully saturated rings. The number of hydrogen-bond acceptors (Lipinski definition) is 4. The Hall–Kier alpha value is -2.97. The predicted octanol–water partition coefficient (Wildman–Crippen LogP) is 4.34. The zero-order chi connectivity index (χ0) is 19.5. The van der Waals surface area contributed by atoms with Crippen molar-refractivity contribution in [1.82, 2.24) is 14.7 Å². The number of carbonyl (C=O) groups is 2. The Morgan fingerprint density at radius 2 is 1.89 bits per heavy atom. The van der Waals surface area contributed by atoms with Gasteiger partial charge in [0.1, 0.15) is 5.65 Å². The molecule has 140 valence electrons. The Bertz CT molecular complexity index is 1150. The number of benzene rings is 1. The van der Waals surface area contributed by atoms with Gasteiger partial charge in [-0.3, -0.25) is 9.59 Å². The highest BCUT2D eigenvalue weighted by molar-refractivity contribution is 9.10. The van der Waals surface area contributed by atoms with Crippen molar-refractivity contribution in [3.8, 4) is 0 Å². The van der Waals surface area contributed by atoms with Crippen molar-refractivity contribution in [3.05, 3.63) is 86.9 Å². The summed E-state index contributed by atoms with van der Waals surface area (Å²) in [7, 11) is 0. The zero-order valence-corrected chi connectivity index (χ0v) is 17.0. The molecule has 4 aromatic rings. The maximum Gasteiger partial charge on any atom is 0.265 e. The van der Waals surface area contributed by atoms with E-state index in [1.807, 2.05) is 40.4 Å². The molecule has 6 nitrogen and oxygen atoms in total. The van der Waals surface area contributed by atoms with Crippen LogP contribution in [0.2, 0.25) is 0 Å². The molecule has 1 aromatic carbocycles. The van der Waals surface area contributed by atoms with E-state index in [0.29, 0.717) is 16.1 Å². The smallest absolute Gasteiger partial charge is 0.265 e. The van der Waals surface area contributed by atoms with Crippen molar-refractivity contribution in [3.63, 3.8) is 0 Å². The molecule has 0 unspecified atom stereocenters. The molecular formula is C20H15BrN4O2S. The number of imidazole rings is 1. The SMILES string of the molecule is O=C(Nc1ccccc1C(=O)NCc1cn2cc(Br)ccc2n1)c1cccs1. The van der Waals surface area contributed by atoms with Crippen LogP contribution >= 0.6 is 27.3 Å². The summed E-state index contributed by atoms with van der Waals surface area (Å²) in [5.74, 6) is -0.513. The summed E-state index contributed by atoms with van der Waals surface area (Å²) >= 11 is 4.77. The first-order valence-corrected chi connectivity index (χ1v) is 10.1. The molecule has 0 aliphatic carbocycles. The van der Waals surface area contributed by atoms with Crippen molar-refractivity contribution < 1.29 is 9.59 Å². The Morgan fingerprint density at radius 3 is 2.71 bits per heavy atom. The number of pyridine rings is 1. The summed E-state index contributed by atoms with van der Waals surface area (Å²) in [6.45, 7) is 0.283. The van der Waals surface area contributed by atoms with Crippen LogP contribution in [0.3, 0.4) is 0 Å². The fourth-order valence-corrected chi connectivity index (χ4v) is 3.72. The third-order valence-electron chi connectivity index (χ3n) is 4.06. The van der Waals surface area contributed by atoms with E-state index in [-0.39, 0.29) is 18.4 Å². The average Bonchev–Trinajstić information content (AvgIpc) is 3.36. The molecule has 3 aromatic heterocycles. The molecule has 2 amide bonds. The highest BCUT2D eigenvalue weighted by Gasteiger charge is 2.15. The van der Waals surface area contributed by atoms with Gasteiger partial charge in [0.2, 0.25) is 0 Å². The van der Waals surface area contributed by atoms with Crippen molar-refractivity contribution in [2.24, 2.45) is 0 Å². The third-order valence-corrected chi connectivity index (χ3v) is 5.40. The number of hydrogen-bond donors (Lipinski definition) is 2. The Morgan fingerprint density at radius 1 is 1.04 bits per heavy atom. The number of fused-ring (bicyclic) bond motifs is 1. The summed E-state index contributed by atoms with van der Waals surface area (Å²) in [6.07, 6.45) is 3.77. The monoisotopic (exact) mass is 454 g/mol. The second kappa shape index (κ2) is 7.95. The van der Waals surface area contributed by atoms with Gasteiger partial charge < -0.3 is 15.0 Å². The van der Waals surface area contributed by atoms with Crippen molar-refractivity contribution >= 4 is 50.4 Å². The number of thiophene rings is 1. The maximum atomic E-state index is 12.7. The van der Waals surface area contributed by atoms with Gasteiger partial charge in [0, 0.05) is 16.9 Å². The second-order valence-electron chi connectivity index (χ2n) is 6.00. The van der Waals surface area contributed by atoms with E-state index in [9.17, 15) is 9.59 Å². The van der Waals surface area contributed by atoms with Gasteiger partial charge in [0.25, 0.3) is 11.8 Å². The number of nitrogens with zero attached hydrogens (tertiary/aromatic N) is 2. The van der Waals surface area contributed by atoms with Crippen LogP contribution in [0.15, 0.2) is 70.8 Å². The minimum atomic E-state index is -0.277. The van der Waals surface area contributed by atoms with E-state index in [4.69, 9.17) is 0 Å². The molecule has 0 spiro atoms. The average molecular weight is 455 g/mol. The lowest BCUT2D eigenvalue weighted by Gasteiger charge is -2.10. The summed E-state index contributed by atoms with van der Waals surface area (Å²) < 4.78 is 2.84. The fraction of sp³-hybridized carbons (Fsp3) is 0.0500. The molecule has 8 heteroatoms. The number of nitrogens with one attached hydrogen (secondary N) is 2. The van der Waals surface area contributed by atoms with E-state index < -0.39 is 0 Å². The van der Waals surface area contributed by atoms with Gasteiger partial charge >= 0.3 is 0 Å². The first-order chi connectivity index (χ1) is 13.6. The van der Waals surface area contributed by atoms with Crippen LogP contribution in [0.4, 0.5) is 5.69 Å². The zero-order valence-electron chi connectivity index (χ0n) is 14.6. The Balaban J connectivity index is 1.47. The van der Waals surface area contributed by atoms with Crippen LogP contribution in [0.25, 0.3) is 5.65 Å². The molecule has 28 heavy (non-hydrogen) atoms. The van der Waals surface area contributed by atoms with E-state index in [2.05, 4.69) is 31.5 Å². The number of para-hydroxylation sites is 1. The van der Waals surface area contributed by atoms with Gasteiger partial charge in [-0.05, 0) is 51.6 Å². The molecule has 0 saturated carbocycles. The molecule has 0 saturated heterocycles. The molecule has 4 rings (SSSR count). The Labute approximate surface area is 173 Å². The van der Waals surface area contributed by atoms with Gasteiger partial charge in [-0.15, -0.1) is 11.3 Å². The normalized spacial score (nSPS) is 10.8. The number of carbonyl (C=O) groups excluding carboxylic acids is 2. The van der Waals surface area contributed by atoms with Gasteiger partial charge in [0.05, 0.1) is 28.4 Å². The van der Waals surface area contributed by atoms with Crippen LogP contribution in [0.1, 0.15) is 25.7 Å². The summed E-state index contributed by atoms with van der Waals surface area (Å²) in [5.41, 5.74) is 2.42. The van der Waals surface area contributed by atoms with E-state index in [1.54, 1.807) is 30.3 Å². The summed E-state index contributed by atoms with van der Waals surface area (Å²) in [6, 6.07) is 14.3. The topological polar surface area (TPSA) is 75.5 Å². The minimum Gasteiger partial charge on any atom is -0.346 e. The van der Waals surface area contributed by atoms with Crippen LogP contribution in [-0.4, -0.2) is 21.2 Å². The highest BCUT2D eigenvalue weighted by atomic mass is 79.9. The van der Waals surface area contributed by atoms with Crippen molar-refractivity contribution in [2.45, 2.75) is 6.54 Å². The number of anilines is 1. The lowest BCUT2D eigenvalue weighted by Crippen LogP contribution is -2.25. The van der Waals surface area contributed by atoms with Gasteiger partial charge in [-0.25, -0.2) is 4.98 Å². The van der Waals surface area contributed by atoms with E-state index in [0.717, 1.165) is 15.8 Å². The lowest BCUT2D eigenvalue weighted by atomic mass is 10.1. The molecular weight excluding hydrogens is 440 g/mol. The molecule has 0 radical (unpaired) electrons. The van der Waals surface area contributed by atoms with Crippen molar-refractivity contribution in [1.29, 1.82) is 0 Å². The molecule has 0 bridgehead atoms. The van der Waals surface area contributed by atoms with Crippen LogP contribution < -0.4 is 10.6 Å². The van der Waals surface area contributed by atoms with Crippen LogP contribution in [0.5, 0.6) is 0 Å². The molecule has 2 N–H and O–H groups in total. The van der Waals surface area contributed by atoms with Gasteiger partial charge in [-0.1, -0.05) is 18.2 Å². The molecule has 0 atom stereocenters. The van der Waals surface area contributed by atoms with E-state index >= 15 is 0 Å².